The molecule has 1 heterocycles. The SMILES string of the molecule is C=CC1(C[n+]2ccn(CCCCCCCCCCCCCCCC)c2)C=CC=CC1. The van der Waals surface area contributed by atoms with E-state index in [-0.39, 0.29) is 5.41 Å². The van der Waals surface area contributed by atoms with Gasteiger partial charge in [0.05, 0.1) is 6.54 Å². The van der Waals surface area contributed by atoms with Gasteiger partial charge in [0.25, 0.3) is 0 Å². The highest BCUT2D eigenvalue weighted by molar-refractivity contribution is 5.20. The van der Waals surface area contributed by atoms with Gasteiger partial charge in [0.15, 0.2) is 0 Å². The van der Waals surface area contributed by atoms with Gasteiger partial charge in [0, 0.05) is 5.41 Å². The molecule has 1 aromatic rings. The Kier molecular flexibility index (Phi) is 12.6. The topological polar surface area (TPSA) is 8.81 Å². The number of unbranched alkanes of at least 4 members (excludes halogenated alkanes) is 13. The fourth-order valence-corrected chi connectivity index (χ4v) is 4.51. The van der Waals surface area contributed by atoms with Gasteiger partial charge in [0.1, 0.15) is 18.9 Å². The van der Waals surface area contributed by atoms with Crippen molar-refractivity contribution >= 4 is 0 Å². The van der Waals surface area contributed by atoms with Crippen LogP contribution in [0.25, 0.3) is 0 Å². The summed E-state index contributed by atoms with van der Waals surface area (Å²) >= 11 is 0. The third-order valence-electron chi connectivity index (χ3n) is 6.57. The number of rotatable bonds is 18. The molecule has 1 aliphatic rings. The lowest BCUT2D eigenvalue weighted by atomic mass is 9.81. The van der Waals surface area contributed by atoms with E-state index in [0.29, 0.717) is 0 Å². The van der Waals surface area contributed by atoms with Crippen molar-refractivity contribution in [3.63, 3.8) is 0 Å². The van der Waals surface area contributed by atoms with E-state index >= 15 is 0 Å². The van der Waals surface area contributed by atoms with Gasteiger partial charge >= 0.3 is 0 Å². The fourth-order valence-electron chi connectivity index (χ4n) is 4.51. The molecule has 1 atom stereocenters. The summed E-state index contributed by atoms with van der Waals surface area (Å²) in [7, 11) is 0. The zero-order valence-corrected chi connectivity index (χ0v) is 19.7. The van der Waals surface area contributed by atoms with Crippen molar-refractivity contribution in [3.8, 4) is 0 Å². The zero-order chi connectivity index (χ0) is 21.3. The predicted molar refractivity (Wildman–Crippen MR) is 130 cm³/mol. The molecule has 2 heteroatoms. The second-order valence-corrected chi connectivity index (χ2v) is 9.35. The van der Waals surface area contributed by atoms with Gasteiger partial charge in [-0.2, -0.15) is 0 Å². The lowest BCUT2D eigenvalue weighted by Gasteiger charge is -2.25. The summed E-state index contributed by atoms with van der Waals surface area (Å²) < 4.78 is 4.66. The number of aromatic nitrogens is 2. The van der Waals surface area contributed by atoms with E-state index in [2.05, 4.69) is 71.7 Å². The summed E-state index contributed by atoms with van der Waals surface area (Å²) in [6, 6.07) is 0. The summed E-state index contributed by atoms with van der Waals surface area (Å²) in [5.74, 6) is 0. The molecule has 0 amide bonds. The van der Waals surface area contributed by atoms with Gasteiger partial charge in [-0.15, -0.1) is 6.58 Å². The molecule has 0 radical (unpaired) electrons. The first-order chi connectivity index (χ1) is 14.8. The summed E-state index contributed by atoms with van der Waals surface area (Å²) in [5.41, 5.74) is 0.0701. The lowest BCUT2D eigenvalue weighted by molar-refractivity contribution is -0.705. The Hall–Kier alpha value is -1.57. The molecule has 30 heavy (non-hydrogen) atoms. The van der Waals surface area contributed by atoms with Crippen LogP contribution in [0.15, 0.2) is 55.7 Å². The predicted octanol–water partition coefficient (Wildman–Crippen LogP) is 7.95. The molecule has 0 fully saturated rings. The Bertz CT molecular complexity index is 624. The second kappa shape index (κ2) is 15.3. The molecule has 0 bridgehead atoms. The lowest BCUT2D eigenvalue weighted by Crippen LogP contribution is -2.40. The molecule has 168 valence electrons. The highest BCUT2D eigenvalue weighted by atomic mass is 15.1. The van der Waals surface area contributed by atoms with Crippen molar-refractivity contribution in [2.24, 2.45) is 5.41 Å². The Balaban J connectivity index is 1.45. The minimum atomic E-state index is 0.0701. The number of hydrogen-bond acceptors (Lipinski definition) is 0. The van der Waals surface area contributed by atoms with Gasteiger partial charge in [-0.3, -0.25) is 0 Å². The molecule has 0 saturated heterocycles. The van der Waals surface area contributed by atoms with Crippen molar-refractivity contribution < 1.29 is 4.57 Å². The van der Waals surface area contributed by atoms with Gasteiger partial charge in [0.2, 0.25) is 6.33 Å². The Morgan fingerprint density at radius 1 is 0.867 bits per heavy atom. The number of hydrogen-bond donors (Lipinski definition) is 0. The average Bonchev–Trinajstić information content (AvgIpc) is 3.21. The van der Waals surface area contributed by atoms with Crippen LogP contribution in [0.3, 0.4) is 0 Å². The van der Waals surface area contributed by atoms with Crippen LogP contribution in [-0.4, -0.2) is 4.57 Å². The van der Waals surface area contributed by atoms with E-state index < -0.39 is 0 Å². The summed E-state index contributed by atoms with van der Waals surface area (Å²) in [4.78, 5) is 0. The molecule has 2 rings (SSSR count). The summed E-state index contributed by atoms with van der Waals surface area (Å²) in [5, 5.41) is 0. The first-order valence-electron chi connectivity index (χ1n) is 12.8. The van der Waals surface area contributed by atoms with Crippen LogP contribution in [0.4, 0.5) is 0 Å². The number of imidazole rings is 1. The molecule has 0 aromatic carbocycles. The van der Waals surface area contributed by atoms with Crippen LogP contribution in [0.1, 0.15) is 103 Å². The molecule has 1 aromatic heterocycles. The molecule has 1 aliphatic carbocycles. The molecule has 0 spiro atoms. The fraction of sp³-hybridized carbons (Fsp3) is 0.679. The number of allylic oxidation sites excluding steroid dienone is 5. The van der Waals surface area contributed by atoms with E-state index in [1.165, 1.54) is 89.9 Å². The number of aryl methyl sites for hydroxylation is 1. The Morgan fingerprint density at radius 2 is 1.47 bits per heavy atom. The van der Waals surface area contributed by atoms with Crippen LogP contribution in [0.2, 0.25) is 0 Å². The van der Waals surface area contributed by atoms with Crippen molar-refractivity contribution in [2.45, 2.75) is 116 Å². The molecule has 0 saturated carbocycles. The normalized spacial score (nSPS) is 18.2. The standard InChI is InChI=1S/C28H47N2/c1-3-5-6-7-8-9-10-11-12-13-14-15-16-20-23-29-24-25-30(27-29)26-28(4-2)21-18-17-19-22-28/h4,17-19,21,24-25,27H,2-3,5-16,20,22-23,26H2,1H3/q+1. The van der Waals surface area contributed by atoms with Crippen molar-refractivity contribution in [3.05, 3.63) is 55.7 Å². The average molecular weight is 412 g/mol. The minimum Gasteiger partial charge on any atom is -0.237 e. The van der Waals surface area contributed by atoms with Crippen molar-refractivity contribution in [2.75, 3.05) is 0 Å². The zero-order valence-electron chi connectivity index (χ0n) is 19.7. The van der Waals surface area contributed by atoms with Crippen LogP contribution in [-0.2, 0) is 13.1 Å². The molecule has 2 nitrogen and oxygen atoms in total. The van der Waals surface area contributed by atoms with E-state index in [1.807, 2.05) is 0 Å². The largest absolute Gasteiger partial charge is 0.243 e. The molecule has 0 aliphatic heterocycles. The molecular weight excluding hydrogens is 364 g/mol. The third kappa shape index (κ3) is 9.96. The van der Waals surface area contributed by atoms with E-state index in [0.717, 1.165) is 19.5 Å². The molecular formula is C28H47N2+. The van der Waals surface area contributed by atoms with E-state index in [1.54, 1.807) is 0 Å². The maximum absolute atomic E-state index is 4.07. The van der Waals surface area contributed by atoms with Crippen LogP contribution in [0.5, 0.6) is 0 Å². The third-order valence-corrected chi connectivity index (χ3v) is 6.57. The van der Waals surface area contributed by atoms with Gasteiger partial charge < -0.3 is 0 Å². The van der Waals surface area contributed by atoms with Crippen molar-refractivity contribution in [1.82, 2.24) is 4.57 Å². The van der Waals surface area contributed by atoms with Crippen molar-refractivity contribution in [1.29, 1.82) is 0 Å². The first kappa shape index (κ1) is 24.7. The van der Waals surface area contributed by atoms with Crippen LogP contribution >= 0.6 is 0 Å². The number of nitrogens with zero attached hydrogens (tertiary/aromatic N) is 2. The first-order valence-corrected chi connectivity index (χ1v) is 12.8. The van der Waals surface area contributed by atoms with Crippen LogP contribution in [0, 0.1) is 5.41 Å². The Labute approximate surface area is 186 Å². The maximum Gasteiger partial charge on any atom is 0.243 e. The van der Waals surface area contributed by atoms with E-state index in [9.17, 15) is 0 Å². The quantitative estimate of drug-likeness (QED) is 0.132. The van der Waals surface area contributed by atoms with Gasteiger partial charge in [-0.25, -0.2) is 9.13 Å². The van der Waals surface area contributed by atoms with Gasteiger partial charge in [-0.1, -0.05) is 114 Å². The molecule has 0 N–H and O–H groups in total. The second-order valence-electron chi connectivity index (χ2n) is 9.35. The van der Waals surface area contributed by atoms with Gasteiger partial charge in [-0.05, 0) is 19.3 Å². The smallest absolute Gasteiger partial charge is 0.237 e. The highest BCUT2D eigenvalue weighted by Crippen LogP contribution is 2.29. The van der Waals surface area contributed by atoms with Crippen LogP contribution < -0.4 is 4.57 Å². The monoisotopic (exact) mass is 411 g/mol. The van der Waals surface area contributed by atoms with E-state index in [4.69, 9.17) is 0 Å². The Morgan fingerprint density at radius 3 is 2.00 bits per heavy atom. The summed E-state index contributed by atoms with van der Waals surface area (Å²) in [6.45, 7) is 8.48. The highest BCUT2D eigenvalue weighted by Gasteiger charge is 2.26. The molecule has 1 unspecified atom stereocenters. The minimum absolute atomic E-state index is 0.0701. The summed E-state index contributed by atoms with van der Waals surface area (Å²) in [6.07, 6.45) is 38.5. The maximum atomic E-state index is 4.07.